The van der Waals surface area contributed by atoms with E-state index in [1.54, 1.807) is 0 Å². The first-order valence-corrected chi connectivity index (χ1v) is 5.65. The highest BCUT2D eigenvalue weighted by Gasteiger charge is 2.01. The van der Waals surface area contributed by atoms with Crippen molar-refractivity contribution < 1.29 is 4.74 Å². The van der Waals surface area contributed by atoms with Gasteiger partial charge in [-0.2, -0.15) is 0 Å². The highest BCUT2D eigenvalue weighted by molar-refractivity contribution is 5.36. The summed E-state index contributed by atoms with van der Waals surface area (Å²) in [5.41, 5.74) is 0. The molecule has 0 amide bonds. The van der Waals surface area contributed by atoms with Gasteiger partial charge < -0.3 is 15.4 Å². The monoisotopic (exact) mass is 224 g/mol. The van der Waals surface area contributed by atoms with Gasteiger partial charge in [-0.25, -0.2) is 9.97 Å². The van der Waals surface area contributed by atoms with Crippen LogP contribution in [0, 0.1) is 0 Å². The highest BCUT2D eigenvalue weighted by atomic mass is 16.5. The summed E-state index contributed by atoms with van der Waals surface area (Å²) in [6.45, 7) is 8.76. The number of nitrogens with zero attached hydrogens (tertiary/aromatic N) is 2. The van der Waals surface area contributed by atoms with Crippen molar-refractivity contribution in [3.8, 4) is 5.88 Å². The molecule has 5 nitrogen and oxygen atoms in total. The van der Waals surface area contributed by atoms with Crippen LogP contribution >= 0.6 is 0 Å². The highest BCUT2D eigenvalue weighted by Crippen LogP contribution is 2.11. The van der Waals surface area contributed by atoms with Gasteiger partial charge in [-0.15, -0.1) is 0 Å². The molecule has 0 saturated carbocycles. The maximum atomic E-state index is 5.48. The SMILES string of the molecule is CCNCCNc1cc(OC(C)C)ncn1. The van der Waals surface area contributed by atoms with Gasteiger partial charge in [-0.3, -0.25) is 0 Å². The minimum absolute atomic E-state index is 0.129. The fraction of sp³-hybridized carbons (Fsp3) is 0.636. The lowest BCUT2D eigenvalue weighted by Crippen LogP contribution is -2.22. The van der Waals surface area contributed by atoms with Crippen LogP contribution in [0.15, 0.2) is 12.4 Å². The van der Waals surface area contributed by atoms with Gasteiger partial charge in [-0.05, 0) is 20.4 Å². The first-order chi connectivity index (χ1) is 7.72. The molecule has 0 atom stereocenters. The van der Waals surface area contributed by atoms with E-state index in [1.807, 2.05) is 19.9 Å². The zero-order valence-electron chi connectivity index (χ0n) is 10.2. The van der Waals surface area contributed by atoms with Gasteiger partial charge in [0.05, 0.1) is 6.10 Å². The van der Waals surface area contributed by atoms with Crippen molar-refractivity contribution in [2.24, 2.45) is 0 Å². The molecule has 0 saturated heterocycles. The third kappa shape index (κ3) is 4.93. The summed E-state index contributed by atoms with van der Waals surface area (Å²) in [5, 5.41) is 6.43. The largest absolute Gasteiger partial charge is 0.475 e. The third-order valence-electron chi connectivity index (χ3n) is 1.86. The molecule has 0 radical (unpaired) electrons. The summed E-state index contributed by atoms with van der Waals surface area (Å²) >= 11 is 0. The van der Waals surface area contributed by atoms with Crippen LogP contribution in [0.3, 0.4) is 0 Å². The number of likely N-dealkylation sites (N-methyl/N-ethyl adjacent to an activating group) is 1. The molecule has 0 aliphatic rings. The Balaban J connectivity index is 2.41. The van der Waals surface area contributed by atoms with Crippen molar-refractivity contribution in [3.63, 3.8) is 0 Å². The number of ether oxygens (including phenoxy) is 1. The normalized spacial score (nSPS) is 10.5. The zero-order valence-corrected chi connectivity index (χ0v) is 10.2. The summed E-state index contributed by atoms with van der Waals surface area (Å²) in [5.74, 6) is 1.40. The molecule has 1 heterocycles. The molecule has 0 unspecified atom stereocenters. The van der Waals surface area contributed by atoms with E-state index in [0.29, 0.717) is 5.88 Å². The molecule has 0 aliphatic carbocycles. The lowest BCUT2D eigenvalue weighted by molar-refractivity contribution is 0.232. The number of hydrogen-bond acceptors (Lipinski definition) is 5. The average Bonchev–Trinajstić information content (AvgIpc) is 2.24. The van der Waals surface area contributed by atoms with Crippen molar-refractivity contribution in [3.05, 3.63) is 12.4 Å². The Hall–Kier alpha value is -1.36. The summed E-state index contributed by atoms with van der Waals surface area (Å²) < 4.78 is 5.48. The topological polar surface area (TPSA) is 59.1 Å². The second-order valence-electron chi connectivity index (χ2n) is 3.69. The Morgan fingerprint density at radius 2 is 2.12 bits per heavy atom. The molecule has 0 spiro atoms. The third-order valence-corrected chi connectivity index (χ3v) is 1.86. The summed E-state index contributed by atoms with van der Waals surface area (Å²) in [4.78, 5) is 8.15. The Labute approximate surface area is 96.6 Å². The number of anilines is 1. The maximum Gasteiger partial charge on any atom is 0.218 e. The van der Waals surface area contributed by atoms with Crippen LogP contribution in [0.1, 0.15) is 20.8 Å². The van der Waals surface area contributed by atoms with Crippen molar-refractivity contribution >= 4 is 5.82 Å². The molecule has 16 heavy (non-hydrogen) atoms. The molecule has 0 aromatic carbocycles. The number of aromatic nitrogens is 2. The predicted octanol–water partition coefficient (Wildman–Crippen LogP) is 1.29. The van der Waals surface area contributed by atoms with E-state index in [-0.39, 0.29) is 6.10 Å². The van der Waals surface area contributed by atoms with Gasteiger partial charge in [0.2, 0.25) is 5.88 Å². The van der Waals surface area contributed by atoms with Crippen molar-refractivity contribution in [2.45, 2.75) is 26.9 Å². The quantitative estimate of drug-likeness (QED) is 0.683. The molecular formula is C11H20N4O. The fourth-order valence-electron chi connectivity index (χ4n) is 1.20. The molecule has 5 heteroatoms. The van der Waals surface area contributed by atoms with E-state index in [4.69, 9.17) is 4.74 Å². The smallest absolute Gasteiger partial charge is 0.218 e. The minimum atomic E-state index is 0.129. The Morgan fingerprint density at radius 1 is 1.31 bits per heavy atom. The minimum Gasteiger partial charge on any atom is -0.475 e. The van der Waals surface area contributed by atoms with Crippen molar-refractivity contribution in [1.29, 1.82) is 0 Å². The Bertz CT molecular complexity index is 304. The zero-order chi connectivity index (χ0) is 11.8. The predicted molar refractivity (Wildman–Crippen MR) is 64.8 cm³/mol. The van der Waals surface area contributed by atoms with Gasteiger partial charge in [0, 0.05) is 19.2 Å². The average molecular weight is 224 g/mol. The van der Waals surface area contributed by atoms with Crippen LogP contribution in [-0.4, -0.2) is 35.7 Å². The second-order valence-corrected chi connectivity index (χ2v) is 3.69. The Morgan fingerprint density at radius 3 is 2.81 bits per heavy atom. The first kappa shape index (κ1) is 12.7. The Kier molecular flexibility index (Phi) is 5.56. The van der Waals surface area contributed by atoms with Crippen LogP contribution in [0.2, 0.25) is 0 Å². The fourth-order valence-corrected chi connectivity index (χ4v) is 1.20. The summed E-state index contributed by atoms with van der Waals surface area (Å²) in [6.07, 6.45) is 1.64. The molecule has 1 rings (SSSR count). The van der Waals surface area contributed by atoms with Crippen LogP contribution in [0.25, 0.3) is 0 Å². The molecule has 0 bridgehead atoms. The molecule has 0 aliphatic heterocycles. The van der Waals surface area contributed by atoms with Crippen LogP contribution in [0.5, 0.6) is 5.88 Å². The molecule has 2 N–H and O–H groups in total. The van der Waals surface area contributed by atoms with Gasteiger partial charge in [-0.1, -0.05) is 6.92 Å². The van der Waals surface area contributed by atoms with Gasteiger partial charge in [0.1, 0.15) is 12.1 Å². The maximum absolute atomic E-state index is 5.48. The van der Waals surface area contributed by atoms with E-state index in [2.05, 4.69) is 27.5 Å². The van der Waals surface area contributed by atoms with E-state index in [1.165, 1.54) is 6.33 Å². The van der Waals surface area contributed by atoms with E-state index in [0.717, 1.165) is 25.5 Å². The number of nitrogens with one attached hydrogen (secondary N) is 2. The summed E-state index contributed by atoms with van der Waals surface area (Å²) in [6, 6.07) is 1.81. The van der Waals surface area contributed by atoms with Gasteiger partial charge in [0.15, 0.2) is 0 Å². The molecule has 1 aromatic heterocycles. The molecule has 90 valence electrons. The van der Waals surface area contributed by atoms with Crippen LogP contribution in [0.4, 0.5) is 5.82 Å². The standard InChI is InChI=1S/C11H20N4O/c1-4-12-5-6-13-10-7-11(15-8-14-10)16-9(2)3/h7-9,12H,4-6H2,1-3H3,(H,13,14,15). The van der Waals surface area contributed by atoms with Crippen molar-refractivity contribution in [2.75, 3.05) is 25.0 Å². The number of rotatable bonds is 7. The second kappa shape index (κ2) is 7.00. The van der Waals surface area contributed by atoms with Crippen LogP contribution in [-0.2, 0) is 0 Å². The number of hydrogen-bond donors (Lipinski definition) is 2. The van der Waals surface area contributed by atoms with Gasteiger partial charge >= 0.3 is 0 Å². The molecule has 1 aromatic rings. The van der Waals surface area contributed by atoms with Gasteiger partial charge in [0.25, 0.3) is 0 Å². The lowest BCUT2D eigenvalue weighted by atomic mass is 10.4. The summed E-state index contributed by atoms with van der Waals surface area (Å²) in [7, 11) is 0. The van der Waals surface area contributed by atoms with Crippen molar-refractivity contribution in [1.82, 2.24) is 15.3 Å². The van der Waals surface area contributed by atoms with Crippen LogP contribution < -0.4 is 15.4 Å². The lowest BCUT2D eigenvalue weighted by Gasteiger charge is -2.10. The molecule has 0 fully saturated rings. The van der Waals surface area contributed by atoms with E-state index >= 15 is 0 Å². The van der Waals surface area contributed by atoms with E-state index < -0.39 is 0 Å². The first-order valence-electron chi connectivity index (χ1n) is 5.65. The van der Waals surface area contributed by atoms with E-state index in [9.17, 15) is 0 Å². The molecular weight excluding hydrogens is 204 g/mol.